The first kappa shape index (κ1) is 37.3. The fourth-order valence-corrected chi connectivity index (χ4v) is 8.10. The number of hydrogen-bond acceptors (Lipinski definition) is 8. The number of amidine groups is 1. The van der Waals surface area contributed by atoms with Crippen LogP contribution in [0, 0.1) is 0 Å². The zero-order valence-corrected chi connectivity index (χ0v) is 31.4. The Balaban J connectivity index is 1.67. The van der Waals surface area contributed by atoms with E-state index in [1.54, 1.807) is 41.0 Å². The van der Waals surface area contributed by atoms with Crippen LogP contribution in [0.2, 0.25) is 15.1 Å². The minimum atomic E-state index is -4.01. The van der Waals surface area contributed by atoms with Gasteiger partial charge in [-0.1, -0.05) is 59.1 Å². The van der Waals surface area contributed by atoms with Crippen molar-refractivity contribution < 1.29 is 26.4 Å². The lowest BCUT2D eigenvalue weighted by Gasteiger charge is -2.39. The number of carbonyl (C=O) groups excluding carboxylic acids is 1. The summed E-state index contributed by atoms with van der Waals surface area (Å²) in [4.78, 5) is 25.1. The van der Waals surface area contributed by atoms with E-state index in [2.05, 4.69) is 0 Å². The van der Waals surface area contributed by atoms with Crippen molar-refractivity contribution in [1.82, 2.24) is 19.0 Å². The van der Waals surface area contributed by atoms with Crippen LogP contribution < -0.4 is 4.74 Å². The highest BCUT2D eigenvalue weighted by molar-refractivity contribution is 7.90. The van der Waals surface area contributed by atoms with E-state index < -0.39 is 31.9 Å². The molecule has 11 nitrogen and oxygen atoms in total. The van der Waals surface area contributed by atoms with Gasteiger partial charge in [-0.25, -0.2) is 25.9 Å². The molecule has 2 aliphatic rings. The van der Waals surface area contributed by atoms with Crippen molar-refractivity contribution in [2.24, 2.45) is 4.99 Å². The zero-order valence-electron chi connectivity index (χ0n) is 27.5. The predicted octanol–water partition coefficient (Wildman–Crippen LogP) is 5.62. The molecule has 5 rings (SSSR count). The number of aliphatic imine (C=N–C) groups is 1. The van der Waals surface area contributed by atoms with E-state index in [0.29, 0.717) is 42.8 Å². The van der Waals surface area contributed by atoms with Crippen molar-refractivity contribution in [2.45, 2.75) is 23.9 Å². The first-order chi connectivity index (χ1) is 23.1. The van der Waals surface area contributed by atoms with Crippen LogP contribution in [0.5, 0.6) is 5.75 Å². The fourth-order valence-electron chi connectivity index (χ4n) is 5.84. The van der Waals surface area contributed by atoms with Gasteiger partial charge in [-0.3, -0.25) is 14.8 Å². The number of amides is 2. The summed E-state index contributed by atoms with van der Waals surface area (Å²) < 4.78 is 57.5. The molecule has 0 bridgehead atoms. The maximum atomic E-state index is 14.8. The molecule has 0 saturated carbocycles. The highest BCUT2D eigenvalue weighted by Crippen LogP contribution is 2.46. The molecule has 16 heteroatoms. The van der Waals surface area contributed by atoms with E-state index in [1.807, 2.05) is 29.2 Å². The Morgan fingerprint density at radius 3 is 2.00 bits per heavy atom. The average molecular weight is 771 g/mol. The number of nitrogens with zero attached hydrogens (tertiary/aromatic N) is 5. The third-order valence-corrected chi connectivity index (χ3v) is 12.2. The molecule has 0 N–H and O–H groups in total. The van der Waals surface area contributed by atoms with Gasteiger partial charge in [0.2, 0.25) is 10.0 Å². The van der Waals surface area contributed by atoms with Gasteiger partial charge in [0.1, 0.15) is 32.4 Å². The van der Waals surface area contributed by atoms with Crippen molar-refractivity contribution in [3.05, 3.63) is 92.4 Å². The molecule has 2 atom stereocenters. The molecular weight excluding hydrogens is 733 g/mol. The summed E-state index contributed by atoms with van der Waals surface area (Å²) in [7, 11) is -4.34. The minimum Gasteiger partial charge on any atom is -0.493 e. The lowest BCUT2D eigenvalue weighted by Crippen LogP contribution is -2.54. The van der Waals surface area contributed by atoms with Gasteiger partial charge in [0.05, 0.1) is 29.0 Å². The summed E-state index contributed by atoms with van der Waals surface area (Å²) in [5.74, 6) is 0.499. The second-order valence-corrected chi connectivity index (χ2v) is 17.7. The van der Waals surface area contributed by atoms with Crippen LogP contribution in [0.25, 0.3) is 0 Å². The van der Waals surface area contributed by atoms with E-state index >= 15 is 0 Å². The molecule has 0 aromatic heterocycles. The van der Waals surface area contributed by atoms with Gasteiger partial charge in [-0.2, -0.15) is 0 Å². The quantitative estimate of drug-likeness (QED) is 0.263. The number of piperazine rings is 1. The predicted molar refractivity (Wildman–Crippen MR) is 193 cm³/mol. The Labute approximate surface area is 303 Å². The molecule has 0 spiro atoms. The standard InChI is InChI=1S/C33H38Cl3N5O6S2/c1-5-47-28-21-27(36)29(49(45,46)38(2)3)20-26(28)32-37-30(22-6-10-24(34)11-7-22)31(23-8-12-25(35)13-9-23)41(32)33(42)40-16-14-39(15-17-40)18-19-48(4,43)44/h6-13,20-21,30-31H,5,14-19H2,1-4H3/t30-,31+/m0/s1. The smallest absolute Gasteiger partial charge is 0.326 e. The van der Waals surface area contributed by atoms with Crippen LogP contribution in [0.3, 0.4) is 0 Å². The second kappa shape index (κ2) is 15.1. The SMILES string of the molecule is CCOc1cc(Cl)c(S(=O)(=O)N(C)C)cc1C1=N[C@@H](c2ccc(Cl)cc2)[C@@H](c2ccc(Cl)cc2)N1C(=O)N1CCN(CCS(C)(=O)=O)CC1. The summed E-state index contributed by atoms with van der Waals surface area (Å²) in [6, 6.07) is 15.5. The Kier molecular flexibility index (Phi) is 11.5. The van der Waals surface area contributed by atoms with Crippen molar-refractivity contribution in [2.75, 3.05) is 65.4 Å². The molecule has 2 amide bonds. The van der Waals surface area contributed by atoms with Gasteiger partial charge in [-0.15, -0.1) is 0 Å². The molecule has 1 fully saturated rings. The monoisotopic (exact) mass is 769 g/mol. The summed E-state index contributed by atoms with van der Waals surface area (Å²) in [5, 5.41) is 1.01. The van der Waals surface area contributed by atoms with E-state index in [4.69, 9.17) is 44.5 Å². The first-order valence-corrected chi connectivity index (χ1v) is 20.2. The van der Waals surface area contributed by atoms with Gasteiger partial charge in [-0.05, 0) is 48.4 Å². The molecule has 3 aromatic rings. The lowest BCUT2D eigenvalue weighted by atomic mass is 9.93. The molecule has 264 valence electrons. The number of ether oxygens (including phenoxy) is 1. The number of sulfone groups is 1. The number of hydrogen-bond donors (Lipinski definition) is 0. The number of urea groups is 1. The lowest BCUT2D eigenvalue weighted by molar-refractivity contribution is 0.122. The molecule has 0 unspecified atom stereocenters. The normalized spacial score (nSPS) is 19.0. The Bertz CT molecular complexity index is 1930. The Morgan fingerprint density at radius 2 is 1.47 bits per heavy atom. The summed E-state index contributed by atoms with van der Waals surface area (Å²) >= 11 is 19.1. The molecule has 2 heterocycles. The molecule has 0 aliphatic carbocycles. The number of halogens is 3. The van der Waals surface area contributed by atoms with Crippen LogP contribution >= 0.6 is 34.8 Å². The van der Waals surface area contributed by atoms with E-state index in [1.165, 1.54) is 32.5 Å². The van der Waals surface area contributed by atoms with Crippen LogP contribution in [0.1, 0.15) is 35.7 Å². The van der Waals surface area contributed by atoms with Crippen molar-refractivity contribution in [1.29, 1.82) is 0 Å². The van der Waals surface area contributed by atoms with E-state index in [-0.39, 0.29) is 45.5 Å². The summed E-state index contributed by atoms with van der Waals surface area (Å²) in [6.45, 7) is 4.02. The Hall–Kier alpha value is -2.91. The molecular formula is C33H38Cl3N5O6S2. The van der Waals surface area contributed by atoms with Gasteiger partial charge in [0.25, 0.3) is 0 Å². The van der Waals surface area contributed by atoms with Crippen LogP contribution in [0.4, 0.5) is 4.79 Å². The third kappa shape index (κ3) is 8.36. The van der Waals surface area contributed by atoms with Gasteiger partial charge >= 0.3 is 6.03 Å². The largest absolute Gasteiger partial charge is 0.493 e. The van der Waals surface area contributed by atoms with Gasteiger partial charge in [0.15, 0.2) is 0 Å². The van der Waals surface area contributed by atoms with Gasteiger partial charge < -0.3 is 9.64 Å². The maximum absolute atomic E-state index is 14.8. The molecule has 0 radical (unpaired) electrons. The van der Waals surface area contributed by atoms with Crippen LogP contribution in [-0.4, -0.2) is 113 Å². The average Bonchev–Trinajstić information content (AvgIpc) is 3.44. The van der Waals surface area contributed by atoms with Crippen molar-refractivity contribution >= 4 is 66.5 Å². The molecule has 2 aliphatic heterocycles. The Morgan fingerprint density at radius 1 is 0.898 bits per heavy atom. The number of carbonyl (C=O) groups is 1. The van der Waals surface area contributed by atoms with Gasteiger partial charge in [0, 0.05) is 69.2 Å². The molecule has 1 saturated heterocycles. The topological polar surface area (TPSA) is 120 Å². The summed E-state index contributed by atoms with van der Waals surface area (Å²) in [5.41, 5.74) is 1.80. The fraction of sp³-hybridized carbons (Fsp3) is 0.394. The third-order valence-electron chi connectivity index (χ3n) is 8.45. The van der Waals surface area contributed by atoms with E-state index in [9.17, 15) is 21.6 Å². The maximum Gasteiger partial charge on any atom is 0.326 e. The molecule has 3 aromatic carbocycles. The van der Waals surface area contributed by atoms with E-state index in [0.717, 1.165) is 15.4 Å². The highest BCUT2D eigenvalue weighted by Gasteiger charge is 2.45. The number of rotatable bonds is 10. The van der Waals surface area contributed by atoms with Crippen molar-refractivity contribution in [3.8, 4) is 5.75 Å². The van der Waals surface area contributed by atoms with Crippen LogP contribution in [-0.2, 0) is 19.9 Å². The van der Waals surface area contributed by atoms with Crippen molar-refractivity contribution in [3.63, 3.8) is 0 Å². The minimum absolute atomic E-state index is 0.0280. The molecule has 49 heavy (non-hydrogen) atoms. The van der Waals surface area contributed by atoms with Crippen LogP contribution in [0.15, 0.2) is 70.6 Å². The first-order valence-electron chi connectivity index (χ1n) is 15.6. The summed E-state index contributed by atoms with van der Waals surface area (Å²) in [6.07, 6.45) is 1.21. The highest BCUT2D eigenvalue weighted by atomic mass is 35.5. The number of sulfonamides is 1. The zero-order chi connectivity index (χ0) is 35.7. The second-order valence-electron chi connectivity index (χ2n) is 12.1. The number of benzene rings is 3.